The number of fused-ring (bicyclic) bond motifs is 4. The predicted molar refractivity (Wildman–Crippen MR) is 152 cm³/mol. The summed E-state index contributed by atoms with van der Waals surface area (Å²) in [4.78, 5) is 16.0. The van der Waals surface area contributed by atoms with Gasteiger partial charge in [0.25, 0.3) is 0 Å². The topological polar surface area (TPSA) is 51.8 Å². The van der Waals surface area contributed by atoms with E-state index in [9.17, 15) is 0 Å². The number of furan rings is 1. The first-order valence-electron chi connectivity index (χ1n) is 12.0. The number of hydrogen-bond acceptors (Lipinski definition) is 5. The Balaban J connectivity index is 0.000000191. The van der Waals surface area contributed by atoms with Crippen LogP contribution in [0.2, 0.25) is 0 Å². The molecule has 0 aliphatic rings. The Bertz CT molecular complexity index is 1820. The van der Waals surface area contributed by atoms with Crippen LogP contribution < -0.4 is 0 Å². The van der Waals surface area contributed by atoms with Crippen LogP contribution in [0.25, 0.3) is 54.8 Å². The Morgan fingerprint density at radius 2 is 1.58 bits per heavy atom. The largest absolute Gasteiger partial charge is 0.486 e. The summed E-state index contributed by atoms with van der Waals surface area (Å²) in [7, 11) is 0. The second-order valence-electron chi connectivity index (χ2n) is 8.83. The Morgan fingerprint density at radius 1 is 0.737 bits per heavy atom. The van der Waals surface area contributed by atoms with Crippen molar-refractivity contribution in [1.82, 2.24) is 15.0 Å². The van der Waals surface area contributed by atoms with Crippen molar-refractivity contribution in [3.05, 3.63) is 113 Å². The summed E-state index contributed by atoms with van der Waals surface area (Å²) in [5, 5.41) is 3.30. The van der Waals surface area contributed by atoms with E-state index in [1.165, 1.54) is 15.8 Å². The predicted octanol–water partition coefficient (Wildman–Crippen LogP) is 8.53. The third-order valence-electron chi connectivity index (χ3n) is 6.39. The molecular formula is C32H23IrN3OS-2. The molecule has 0 fully saturated rings. The minimum absolute atomic E-state index is 0. The van der Waals surface area contributed by atoms with Crippen molar-refractivity contribution < 1.29 is 24.5 Å². The molecule has 0 spiro atoms. The fourth-order valence-corrected chi connectivity index (χ4v) is 5.36. The zero-order chi connectivity index (χ0) is 25.4. The number of nitrogens with zero attached hydrogens (tertiary/aromatic N) is 3. The Morgan fingerprint density at radius 3 is 2.37 bits per heavy atom. The van der Waals surface area contributed by atoms with Gasteiger partial charge >= 0.3 is 0 Å². The molecule has 0 aliphatic heterocycles. The molecule has 0 bridgehead atoms. The van der Waals surface area contributed by atoms with E-state index in [0.29, 0.717) is 5.71 Å². The molecule has 0 saturated carbocycles. The fourth-order valence-electron chi connectivity index (χ4n) is 4.33. The minimum Gasteiger partial charge on any atom is -0.486 e. The second kappa shape index (κ2) is 11.0. The summed E-state index contributed by atoms with van der Waals surface area (Å²) in [5.41, 5.74) is 7.50. The van der Waals surface area contributed by atoms with Crippen LogP contribution in [-0.2, 0) is 20.1 Å². The van der Waals surface area contributed by atoms with Gasteiger partial charge < -0.3 is 9.40 Å². The van der Waals surface area contributed by atoms with Crippen molar-refractivity contribution in [1.29, 1.82) is 0 Å². The zero-order valence-electron chi connectivity index (χ0n) is 21.1. The molecule has 5 aromatic heterocycles. The Kier molecular flexibility index (Phi) is 7.48. The molecule has 0 atom stereocenters. The van der Waals surface area contributed by atoms with Gasteiger partial charge in [0.2, 0.25) is 5.71 Å². The van der Waals surface area contributed by atoms with Crippen LogP contribution in [0.5, 0.6) is 0 Å². The molecule has 0 N–H and O–H groups in total. The SMILES string of the molecule is Cc1ccc2c(n1)oc1c(-c3ccc4c(C)c(C)sc4n3)[c-]ccc12.[Ir].[c-]1ccccc1-c1ccccn1. The van der Waals surface area contributed by atoms with E-state index in [1.54, 1.807) is 17.5 Å². The van der Waals surface area contributed by atoms with Crippen LogP contribution in [0.4, 0.5) is 0 Å². The summed E-state index contributed by atoms with van der Waals surface area (Å²) in [6.07, 6.45) is 1.79. The second-order valence-corrected chi connectivity index (χ2v) is 10.0. The first kappa shape index (κ1) is 25.9. The van der Waals surface area contributed by atoms with Crippen molar-refractivity contribution in [2.45, 2.75) is 20.8 Å². The number of pyridine rings is 3. The van der Waals surface area contributed by atoms with E-state index >= 15 is 0 Å². The van der Waals surface area contributed by atoms with Gasteiger partial charge in [-0.25, -0.2) is 4.98 Å². The average Bonchev–Trinajstić information content (AvgIpc) is 3.45. The number of aryl methyl sites for hydroxylation is 3. The van der Waals surface area contributed by atoms with Crippen molar-refractivity contribution in [2.24, 2.45) is 0 Å². The van der Waals surface area contributed by atoms with E-state index in [2.05, 4.69) is 54.1 Å². The van der Waals surface area contributed by atoms with E-state index < -0.39 is 0 Å². The Hall–Kier alpha value is -3.70. The molecule has 0 saturated heterocycles. The maximum atomic E-state index is 6.08. The van der Waals surface area contributed by atoms with Crippen LogP contribution in [0.3, 0.4) is 0 Å². The van der Waals surface area contributed by atoms with Crippen LogP contribution in [0.1, 0.15) is 16.1 Å². The molecular weight excluding hydrogens is 667 g/mol. The zero-order valence-corrected chi connectivity index (χ0v) is 24.3. The quantitative estimate of drug-likeness (QED) is 0.171. The molecule has 1 radical (unpaired) electrons. The maximum Gasteiger partial charge on any atom is 0.216 e. The molecule has 38 heavy (non-hydrogen) atoms. The number of benzene rings is 2. The molecule has 5 heterocycles. The minimum atomic E-state index is 0. The third kappa shape index (κ3) is 4.91. The van der Waals surface area contributed by atoms with Crippen molar-refractivity contribution in [3.8, 4) is 22.5 Å². The van der Waals surface area contributed by atoms with Crippen LogP contribution >= 0.6 is 11.3 Å². The molecule has 2 aromatic carbocycles. The average molecular weight is 690 g/mol. The van der Waals surface area contributed by atoms with Gasteiger partial charge in [0.1, 0.15) is 4.83 Å². The van der Waals surface area contributed by atoms with Gasteiger partial charge in [-0.3, -0.25) is 4.98 Å². The van der Waals surface area contributed by atoms with Gasteiger partial charge in [0.05, 0.1) is 5.58 Å². The molecule has 4 nitrogen and oxygen atoms in total. The van der Waals surface area contributed by atoms with Gasteiger partial charge in [0.15, 0.2) is 0 Å². The first-order valence-corrected chi connectivity index (χ1v) is 12.9. The molecule has 0 amide bonds. The molecule has 7 rings (SSSR count). The van der Waals surface area contributed by atoms with Crippen molar-refractivity contribution in [3.63, 3.8) is 0 Å². The number of rotatable bonds is 2. The summed E-state index contributed by atoms with van der Waals surface area (Å²) >= 11 is 1.73. The smallest absolute Gasteiger partial charge is 0.216 e. The molecule has 189 valence electrons. The third-order valence-corrected chi connectivity index (χ3v) is 7.50. The van der Waals surface area contributed by atoms with Crippen LogP contribution in [0.15, 0.2) is 89.5 Å². The van der Waals surface area contributed by atoms with E-state index in [4.69, 9.17) is 9.40 Å². The maximum absolute atomic E-state index is 6.08. The van der Waals surface area contributed by atoms with Crippen LogP contribution in [-0.4, -0.2) is 15.0 Å². The molecule has 0 unspecified atom stereocenters. The van der Waals surface area contributed by atoms with Crippen molar-refractivity contribution in [2.75, 3.05) is 0 Å². The van der Waals surface area contributed by atoms with Gasteiger partial charge in [-0.2, -0.15) is 0 Å². The number of aromatic nitrogens is 3. The monoisotopic (exact) mass is 690 g/mol. The van der Waals surface area contributed by atoms with Gasteiger partial charge in [-0.05, 0) is 55.9 Å². The summed E-state index contributed by atoms with van der Waals surface area (Å²) in [5.74, 6) is 0. The van der Waals surface area contributed by atoms with Gasteiger partial charge in [-0.1, -0.05) is 35.2 Å². The summed E-state index contributed by atoms with van der Waals surface area (Å²) in [6.45, 7) is 6.26. The van der Waals surface area contributed by atoms with E-state index in [1.807, 2.05) is 67.6 Å². The standard InChI is InChI=1S/C21H15N2OS.C11H8N.Ir/c1-11-7-8-16-15-5-4-6-17(19(15)24-20(16)22-11)18-10-9-14-12(2)13(3)25-21(14)23-18;1-2-6-10(7-3-1)11-8-4-5-9-12-11;/h4-5,7-10H,1-3H3;1-6,8-9H;/q2*-1;. The van der Waals surface area contributed by atoms with Crippen LogP contribution in [0, 0.1) is 32.9 Å². The van der Waals surface area contributed by atoms with Gasteiger partial charge in [0, 0.05) is 47.6 Å². The summed E-state index contributed by atoms with van der Waals surface area (Å²) < 4.78 is 6.08. The van der Waals surface area contributed by atoms with E-state index in [-0.39, 0.29) is 20.1 Å². The fraction of sp³-hybridized carbons (Fsp3) is 0.0938. The van der Waals surface area contributed by atoms with E-state index in [0.717, 1.165) is 49.4 Å². The Labute approximate surface area is 238 Å². The number of hydrogen-bond donors (Lipinski definition) is 0. The normalized spacial score (nSPS) is 10.8. The van der Waals surface area contributed by atoms with Gasteiger partial charge in [-0.15, -0.1) is 65.4 Å². The first-order chi connectivity index (χ1) is 18.1. The molecule has 0 aliphatic carbocycles. The number of thiophene rings is 1. The summed E-state index contributed by atoms with van der Waals surface area (Å²) in [6, 6.07) is 32.4. The van der Waals surface area contributed by atoms with Crippen molar-refractivity contribution >= 4 is 43.6 Å². The molecule has 7 aromatic rings. The molecule has 6 heteroatoms.